The van der Waals surface area contributed by atoms with Crippen LogP contribution in [0, 0.1) is 5.92 Å². The minimum Gasteiger partial charge on any atom is -0.481 e. The third-order valence-electron chi connectivity index (χ3n) is 3.20. The quantitative estimate of drug-likeness (QED) is 0.860. The van der Waals surface area contributed by atoms with Crippen LogP contribution in [0.1, 0.15) is 30.3 Å². The van der Waals surface area contributed by atoms with Crippen LogP contribution in [0.3, 0.4) is 0 Å². The Kier molecular flexibility index (Phi) is 3.64. The van der Waals surface area contributed by atoms with Crippen molar-refractivity contribution in [3.8, 4) is 0 Å². The van der Waals surface area contributed by atoms with Gasteiger partial charge in [-0.1, -0.05) is 6.92 Å². The fraction of sp³-hybridized carbons (Fsp3) is 0.583. The Hall–Kier alpha value is -1.85. The third kappa shape index (κ3) is 2.37. The van der Waals surface area contributed by atoms with Crippen LogP contribution in [0.2, 0.25) is 0 Å². The molecule has 1 unspecified atom stereocenters. The normalized spacial score (nSPS) is 19.2. The molecular formula is C12H17N3O3. The maximum Gasteiger partial charge on any atom is 0.308 e. The molecule has 1 aliphatic heterocycles. The Morgan fingerprint density at radius 1 is 1.56 bits per heavy atom. The number of likely N-dealkylation sites (tertiary alicyclic amines) is 1. The van der Waals surface area contributed by atoms with Gasteiger partial charge in [0.2, 0.25) is 0 Å². The van der Waals surface area contributed by atoms with Crippen molar-refractivity contribution in [1.82, 2.24) is 14.7 Å². The molecular weight excluding hydrogens is 234 g/mol. The first-order valence-corrected chi connectivity index (χ1v) is 6.17. The van der Waals surface area contributed by atoms with Gasteiger partial charge in [-0.25, -0.2) is 0 Å². The predicted octanol–water partition coefficient (Wildman–Crippen LogP) is 0.840. The average molecular weight is 251 g/mol. The van der Waals surface area contributed by atoms with E-state index in [1.807, 2.05) is 6.92 Å². The molecule has 0 bridgehead atoms. The zero-order valence-electron chi connectivity index (χ0n) is 10.4. The number of carboxylic acids is 1. The Labute approximate surface area is 105 Å². The summed E-state index contributed by atoms with van der Waals surface area (Å²) in [6.07, 6.45) is 3.04. The number of carbonyl (C=O) groups excluding carboxylic acids is 1. The van der Waals surface area contributed by atoms with E-state index in [-0.39, 0.29) is 5.91 Å². The minimum absolute atomic E-state index is 0.121. The van der Waals surface area contributed by atoms with Gasteiger partial charge in [0.05, 0.1) is 5.92 Å². The van der Waals surface area contributed by atoms with E-state index >= 15 is 0 Å². The van der Waals surface area contributed by atoms with Crippen LogP contribution in [0.4, 0.5) is 0 Å². The van der Waals surface area contributed by atoms with E-state index < -0.39 is 11.9 Å². The molecule has 0 spiro atoms. The highest BCUT2D eigenvalue weighted by Crippen LogP contribution is 2.18. The third-order valence-corrected chi connectivity index (χ3v) is 3.20. The van der Waals surface area contributed by atoms with Crippen molar-refractivity contribution in [3.63, 3.8) is 0 Å². The number of amides is 1. The lowest BCUT2D eigenvalue weighted by atomic mass is 10.1. The second-order valence-electron chi connectivity index (χ2n) is 4.51. The highest BCUT2D eigenvalue weighted by molar-refractivity contribution is 5.93. The second-order valence-corrected chi connectivity index (χ2v) is 4.51. The topological polar surface area (TPSA) is 75.4 Å². The van der Waals surface area contributed by atoms with Crippen molar-refractivity contribution in [2.24, 2.45) is 5.92 Å². The number of hydrogen-bond donors (Lipinski definition) is 1. The van der Waals surface area contributed by atoms with E-state index in [1.165, 1.54) is 0 Å². The first-order chi connectivity index (χ1) is 8.63. The molecule has 0 saturated carbocycles. The SMILES string of the molecule is CCCn1nccc1C(=O)N1CCC(C(=O)O)C1. The molecule has 2 heterocycles. The van der Waals surface area contributed by atoms with Gasteiger partial charge in [-0.15, -0.1) is 0 Å². The fourth-order valence-electron chi connectivity index (χ4n) is 2.21. The largest absolute Gasteiger partial charge is 0.481 e. The summed E-state index contributed by atoms with van der Waals surface area (Å²) in [4.78, 5) is 24.7. The van der Waals surface area contributed by atoms with Gasteiger partial charge >= 0.3 is 5.97 Å². The molecule has 1 fully saturated rings. The summed E-state index contributed by atoms with van der Waals surface area (Å²) in [7, 11) is 0. The highest BCUT2D eigenvalue weighted by Gasteiger charge is 2.32. The first kappa shape index (κ1) is 12.6. The van der Waals surface area contributed by atoms with Crippen molar-refractivity contribution in [1.29, 1.82) is 0 Å². The van der Waals surface area contributed by atoms with Crippen molar-refractivity contribution in [3.05, 3.63) is 18.0 Å². The maximum absolute atomic E-state index is 12.2. The molecule has 0 aliphatic carbocycles. The molecule has 98 valence electrons. The first-order valence-electron chi connectivity index (χ1n) is 6.17. The van der Waals surface area contributed by atoms with Crippen molar-refractivity contribution in [2.45, 2.75) is 26.3 Å². The predicted molar refractivity (Wildman–Crippen MR) is 64.2 cm³/mol. The summed E-state index contributed by atoms with van der Waals surface area (Å²) in [6.45, 7) is 3.52. The van der Waals surface area contributed by atoms with Crippen LogP contribution < -0.4 is 0 Å². The van der Waals surface area contributed by atoms with Crippen LogP contribution >= 0.6 is 0 Å². The second kappa shape index (κ2) is 5.20. The number of nitrogens with zero attached hydrogens (tertiary/aromatic N) is 3. The smallest absolute Gasteiger partial charge is 0.308 e. The summed E-state index contributed by atoms with van der Waals surface area (Å²) in [6, 6.07) is 1.69. The van der Waals surface area contributed by atoms with Gasteiger partial charge < -0.3 is 10.0 Å². The molecule has 6 nitrogen and oxygen atoms in total. The number of rotatable bonds is 4. The van der Waals surface area contributed by atoms with Crippen LogP contribution in [-0.4, -0.2) is 44.8 Å². The van der Waals surface area contributed by atoms with Crippen LogP contribution in [0.5, 0.6) is 0 Å². The zero-order valence-corrected chi connectivity index (χ0v) is 10.4. The fourth-order valence-corrected chi connectivity index (χ4v) is 2.21. The van der Waals surface area contributed by atoms with Crippen LogP contribution in [0.15, 0.2) is 12.3 Å². The number of hydrogen-bond acceptors (Lipinski definition) is 3. The Morgan fingerprint density at radius 3 is 2.94 bits per heavy atom. The monoisotopic (exact) mass is 251 g/mol. The van der Waals surface area contributed by atoms with Gasteiger partial charge in [-0.05, 0) is 18.9 Å². The van der Waals surface area contributed by atoms with E-state index in [4.69, 9.17) is 5.11 Å². The standard InChI is InChI=1S/C12H17N3O3/c1-2-6-15-10(3-5-13-15)11(16)14-7-4-9(8-14)12(17)18/h3,5,9H,2,4,6-8H2,1H3,(H,17,18). The lowest BCUT2D eigenvalue weighted by Gasteiger charge is -2.16. The molecule has 1 aromatic rings. The molecule has 1 aromatic heterocycles. The number of carbonyl (C=O) groups is 2. The summed E-state index contributed by atoms with van der Waals surface area (Å²) >= 11 is 0. The zero-order chi connectivity index (χ0) is 13.1. The Balaban J connectivity index is 2.08. The molecule has 1 atom stereocenters. The molecule has 1 saturated heterocycles. The number of aryl methyl sites for hydroxylation is 1. The molecule has 0 aromatic carbocycles. The van der Waals surface area contributed by atoms with Crippen molar-refractivity contribution >= 4 is 11.9 Å². The Bertz CT molecular complexity index is 455. The van der Waals surface area contributed by atoms with E-state index in [9.17, 15) is 9.59 Å². The van der Waals surface area contributed by atoms with Gasteiger partial charge in [0.25, 0.3) is 5.91 Å². The van der Waals surface area contributed by atoms with E-state index in [0.29, 0.717) is 31.7 Å². The maximum atomic E-state index is 12.2. The summed E-state index contributed by atoms with van der Waals surface area (Å²) in [5.74, 6) is -1.38. The summed E-state index contributed by atoms with van der Waals surface area (Å²) in [5.41, 5.74) is 0.544. The highest BCUT2D eigenvalue weighted by atomic mass is 16.4. The lowest BCUT2D eigenvalue weighted by molar-refractivity contribution is -0.141. The Morgan fingerprint density at radius 2 is 2.33 bits per heavy atom. The molecule has 0 radical (unpaired) electrons. The van der Waals surface area contributed by atoms with E-state index in [1.54, 1.807) is 21.8 Å². The molecule has 1 aliphatic rings. The number of carboxylic acid groups (broad SMARTS) is 1. The molecule has 1 N–H and O–H groups in total. The van der Waals surface area contributed by atoms with Crippen molar-refractivity contribution < 1.29 is 14.7 Å². The van der Waals surface area contributed by atoms with Gasteiger partial charge in [0, 0.05) is 25.8 Å². The van der Waals surface area contributed by atoms with E-state index in [0.717, 1.165) is 6.42 Å². The molecule has 6 heteroatoms. The number of aliphatic carboxylic acids is 1. The molecule has 2 rings (SSSR count). The van der Waals surface area contributed by atoms with Gasteiger partial charge in [0.1, 0.15) is 5.69 Å². The van der Waals surface area contributed by atoms with Crippen LogP contribution in [-0.2, 0) is 11.3 Å². The minimum atomic E-state index is -0.827. The summed E-state index contributed by atoms with van der Waals surface area (Å²) in [5, 5.41) is 13.0. The van der Waals surface area contributed by atoms with E-state index in [2.05, 4.69) is 5.10 Å². The van der Waals surface area contributed by atoms with Gasteiger partial charge in [-0.3, -0.25) is 14.3 Å². The van der Waals surface area contributed by atoms with Gasteiger partial charge in [0.15, 0.2) is 0 Å². The molecule has 1 amide bonds. The average Bonchev–Trinajstić information content (AvgIpc) is 2.97. The lowest BCUT2D eigenvalue weighted by Crippen LogP contribution is -2.31. The van der Waals surface area contributed by atoms with Gasteiger partial charge in [-0.2, -0.15) is 5.10 Å². The van der Waals surface area contributed by atoms with Crippen molar-refractivity contribution in [2.75, 3.05) is 13.1 Å². The summed E-state index contributed by atoms with van der Waals surface area (Å²) < 4.78 is 1.68. The van der Waals surface area contributed by atoms with Crippen LogP contribution in [0.25, 0.3) is 0 Å². The number of aromatic nitrogens is 2. The molecule has 18 heavy (non-hydrogen) atoms.